The second kappa shape index (κ2) is 4.76. The maximum atomic E-state index is 12.7. The standard InChI is InChI=1S/C16H20N2O3/c1-16(2)15(21)18(9-10-3-7-12(19)8-4-10)13(11-5-6-11)14(20)17-16/h3-4,7-8,11,13,19H,5-6,9H2,1-2H3,(H,17,20). The summed E-state index contributed by atoms with van der Waals surface area (Å²) in [6, 6.07) is 6.40. The lowest BCUT2D eigenvalue weighted by Crippen LogP contribution is -2.68. The van der Waals surface area contributed by atoms with Crippen LogP contribution < -0.4 is 5.32 Å². The van der Waals surface area contributed by atoms with E-state index in [9.17, 15) is 14.7 Å². The fourth-order valence-corrected chi connectivity index (χ4v) is 2.91. The highest BCUT2D eigenvalue weighted by Gasteiger charge is 2.50. The van der Waals surface area contributed by atoms with Crippen molar-refractivity contribution in [3.05, 3.63) is 29.8 Å². The molecule has 1 unspecified atom stereocenters. The number of hydrogen-bond donors (Lipinski definition) is 2. The highest BCUT2D eigenvalue weighted by Crippen LogP contribution is 2.38. The van der Waals surface area contributed by atoms with E-state index in [0.29, 0.717) is 6.54 Å². The number of phenols is 1. The molecule has 2 amide bonds. The van der Waals surface area contributed by atoms with Gasteiger partial charge in [-0.1, -0.05) is 12.1 Å². The number of carbonyl (C=O) groups excluding carboxylic acids is 2. The summed E-state index contributed by atoms with van der Waals surface area (Å²) < 4.78 is 0. The lowest BCUT2D eigenvalue weighted by Gasteiger charge is -2.43. The number of amides is 2. The predicted molar refractivity (Wildman–Crippen MR) is 77.4 cm³/mol. The number of nitrogens with zero attached hydrogens (tertiary/aromatic N) is 1. The molecule has 1 saturated carbocycles. The molecule has 1 aromatic carbocycles. The molecule has 1 aliphatic heterocycles. The van der Waals surface area contributed by atoms with Crippen molar-refractivity contribution in [2.75, 3.05) is 0 Å². The highest BCUT2D eigenvalue weighted by atomic mass is 16.3. The van der Waals surface area contributed by atoms with Crippen LogP contribution in [0.3, 0.4) is 0 Å². The van der Waals surface area contributed by atoms with Crippen molar-refractivity contribution in [1.29, 1.82) is 0 Å². The Hall–Kier alpha value is -2.04. The molecule has 1 aromatic rings. The predicted octanol–water partition coefficient (Wildman–Crippen LogP) is 1.41. The number of piperazine rings is 1. The second-order valence-corrected chi connectivity index (χ2v) is 6.50. The third-order valence-electron chi connectivity index (χ3n) is 4.19. The Morgan fingerprint density at radius 2 is 1.86 bits per heavy atom. The fourth-order valence-electron chi connectivity index (χ4n) is 2.91. The molecule has 1 heterocycles. The summed E-state index contributed by atoms with van der Waals surface area (Å²) in [6.45, 7) is 3.87. The molecule has 2 aliphatic rings. The molecule has 5 heteroatoms. The molecule has 2 N–H and O–H groups in total. The zero-order valence-corrected chi connectivity index (χ0v) is 12.3. The summed E-state index contributed by atoms with van der Waals surface area (Å²) in [5.41, 5.74) is 0.0525. The topological polar surface area (TPSA) is 69.6 Å². The number of nitrogens with one attached hydrogen (secondary N) is 1. The Morgan fingerprint density at radius 3 is 2.43 bits per heavy atom. The van der Waals surface area contributed by atoms with Gasteiger partial charge in [0.25, 0.3) is 0 Å². The first-order valence-electron chi connectivity index (χ1n) is 7.29. The second-order valence-electron chi connectivity index (χ2n) is 6.50. The van der Waals surface area contributed by atoms with E-state index in [1.165, 1.54) is 0 Å². The van der Waals surface area contributed by atoms with Crippen LogP contribution in [0.4, 0.5) is 0 Å². The Morgan fingerprint density at radius 1 is 1.24 bits per heavy atom. The summed E-state index contributed by atoms with van der Waals surface area (Å²) in [5, 5.41) is 12.2. The minimum atomic E-state index is -0.862. The largest absolute Gasteiger partial charge is 0.508 e. The molecule has 0 radical (unpaired) electrons. The summed E-state index contributed by atoms with van der Waals surface area (Å²) in [5.74, 6) is 0.371. The van der Waals surface area contributed by atoms with Crippen molar-refractivity contribution in [2.45, 2.75) is 44.8 Å². The quantitative estimate of drug-likeness (QED) is 0.883. The third kappa shape index (κ3) is 2.60. The van der Waals surface area contributed by atoms with Gasteiger partial charge in [-0.2, -0.15) is 0 Å². The van der Waals surface area contributed by atoms with Gasteiger partial charge in [-0.3, -0.25) is 9.59 Å². The maximum absolute atomic E-state index is 12.7. The monoisotopic (exact) mass is 288 g/mol. The first kappa shape index (κ1) is 13.9. The van der Waals surface area contributed by atoms with E-state index in [-0.39, 0.29) is 29.5 Å². The zero-order valence-electron chi connectivity index (χ0n) is 12.3. The summed E-state index contributed by atoms with van der Waals surface area (Å²) >= 11 is 0. The Bertz CT molecular complexity index is 576. The van der Waals surface area contributed by atoms with Crippen molar-refractivity contribution >= 4 is 11.8 Å². The molecule has 21 heavy (non-hydrogen) atoms. The molecule has 2 fully saturated rings. The van der Waals surface area contributed by atoms with Gasteiger partial charge in [-0.15, -0.1) is 0 Å². The van der Waals surface area contributed by atoms with Gasteiger partial charge in [0.1, 0.15) is 17.3 Å². The number of hydrogen-bond acceptors (Lipinski definition) is 3. The van der Waals surface area contributed by atoms with Crippen LogP contribution in [0.15, 0.2) is 24.3 Å². The van der Waals surface area contributed by atoms with Crippen LogP contribution in [0, 0.1) is 5.92 Å². The van der Waals surface area contributed by atoms with Crippen LogP contribution in [0.2, 0.25) is 0 Å². The molecule has 5 nitrogen and oxygen atoms in total. The van der Waals surface area contributed by atoms with E-state index >= 15 is 0 Å². The maximum Gasteiger partial charge on any atom is 0.248 e. The van der Waals surface area contributed by atoms with Crippen LogP contribution in [-0.4, -0.2) is 33.4 Å². The van der Waals surface area contributed by atoms with Crippen LogP contribution >= 0.6 is 0 Å². The van der Waals surface area contributed by atoms with E-state index in [0.717, 1.165) is 18.4 Å². The molecule has 0 aromatic heterocycles. The lowest BCUT2D eigenvalue weighted by atomic mass is 9.94. The fraction of sp³-hybridized carbons (Fsp3) is 0.500. The van der Waals surface area contributed by atoms with E-state index in [1.807, 2.05) is 0 Å². The van der Waals surface area contributed by atoms with Crippen molar-refractivity contribution < 1.29 is 14.7 Å². The first-order chi connectivity index (χ1) is 9.88. The van der Waals surface area contributed by atoms with Gasteiger partial charge in [-0.25, -0.2) is 0 Å². The van der Waals surface area contributed by atoms with Crippen LogP contribution in [0.5, 0.6) is 5.75 Å². The summed E-state index contributed by atoms with van der Waals surface area (Å²) in [4.78, 5) is 26.7. The number of carbonyl (C=O) groups is 2. The van der Waals surface area contributed by atoms with Crippen LogP contribution in [0.1, 0.15) is 32.3 Å². The average Bonchev–Trinajstić information content (AvgIpc) is 3.22. The number of benzene rings is 1. The first-order valence-corrected chi connectivity index (χ1v) is 7.29. The molecule has 3 rings (SSSR count). The van der Waals surface area contributed by atoms with Crippen LogP contribution in [-0.2, 0) is 16.1 Å². The van der Waals surface area contributed by atoms with Gasteiger partial charge in [-0.05, 0) is 50.3 Å². The minimum Gasteiger partial charge on any atom is -0.508 e. The summed E-state index contributed by atoms with van der Waals surface area (Å²) in [6.07, 6.45) is 2.00. The minimum absolute atomic E-state index is 0.0490. The smallest absolute Gasteiger partial charge is 0.248 e. The SMILES string of the molecule is CC1(C)NC(=O)C(C2CC2)N(Cc2ccc(O)cc2)C1=O. The highest BCUT2D eigenvalue weighted by molar-refractivity contribution is 5.99. The zero-order chi connectivity index (χ0) is 15.2. The van der Waals surface area contributed by atoms with Gasteiger partial charge in [0.2, 0.25) is 11.8 Å². The van der Waals surface area contributed by atoms with E-state index in [1.54, 1.807) is 43.0 Å². The lowest BCUT2D eigenvalue weighted by molar-refractivity contribution is -0.155. The van der Waals surface area contributed by atoms with Crippen molar-refractivity contribution in [2.24, 2.45) is 5.92 Å². The number of phenolic OH excluding ortho intramolecular Hbond substituents is 1. The van der Waals surface area contributed by atoms with E-state index in [4.69, 9.17) is 0 Å². The molecule has 0 bridgehead atoms. The number of aromatic hydroxyl groups is 1. The molecule has 1 atom stereocenters. The molecule has 112 valence electrons. The van der Waals surface area contributed by atoms with Crippen molar-refractivity contribution in [3.63, 3.8) is 0 Å². The molecule has 0 spiro atoms. The van der Waals surface area contributed by atoms with E-state index in [2.05, 4.69) is 5.32 Å². The van der Waals surface area contributed by atoms with Gasteiger partial charge in [0, 0.05) is 6.54 Å². The molecular formula is C16H20N2O3. The van der Waals surface area contributed by atoms with Gasteiger partial charge in [0.05, 0.1) is 0 Å². The number of rotatable bonds is 3. The molecule has 1 saturated heterocycles. The van der Waals surface area contributed by atoms with Crippen LogP contribution in [0.25, 0.3) is 0 Å². The Balaban J connectivity index is 1.88. The normalized spacial score (nSPS) is 24.9. The van der Waals surface area contributed by atoms with Crippen molar-refractivity contribution in [1.82, 2.24) is 10.2 Å². The Labute approximate surface area is 123 Å². The summed E-state index contributed by atoms with van der Waals surface area (Å²) in [7, 11) is 0. The average molecular weight is 288 g/mol. The van der Waals surface area contributed by atoms with Gasteiger partial charge in [0.15, 0.2) is 0 Å². The van der Waals surface area contributed by atoms with Gasteiger partial charge >= 0.3 is 0 Å². The Kier molecular flexibility index (Phi) is 3.15. The molecular weight excluding hydrogens is 268 g/mol. The van der Waals surface area contributed by atoms with Crippen molar-refractivity contribution in [3.8, 4) is 5.75 Å². The van der Waals surface area contributed by atoms with Gasteiger partial charge < -0.3 is 15.3 Å². The van der Waals surface area contributed by atoms with E-state index < -0.39 is 5.54 Å². The third-order valence-corrected chi connectivity index (χ3v) is 4.19. The molecule has 1 aliphatic carbocycles.